The van der Waals surface area contributed by atoms with Gasteiger partial charge in [0.25, 0.3) is 0 Å². The van der Waals surface area contributed by atoms with Crippen LogP contribution in [0, 0.1) is 5.82 Å². The number of carbonyl (C=O) groups is 2. The standard InChI is InChI=1S/C27H31ClFN5O4/c1-18(35)4-7-26(36)34-11-9-33(10-12-34)8-3-13-38-25-15-20-23(16-24(25)37-2)30-17-31-27(20)32-19-5-6-22(29)21(28)14-19/h5-6,14-17H,3-4,7-13H2,1-2H3,(H,30,31,32). The van der Waals surface area contributed by atoms with Crippen LogP contribution >= 0.6 is 11.6 Å². The van der Waals surface area contributed by atoms with Crippen molar-refractivity contribution in [3.05, 3.63) is 47.5 Å². The monoisotopic (exact) mass is 543 g/mol. The molecule has 1 fully saturated rings. The molecule has 1 aromatic heterocycles. The van der Waals surface area contributed by atoms with E-state index in [4.69, 9.17) is 21.1 Å². The number of benzene rings is 2. The molecule has 0 unspecified atom stereocenters. The van der Waals surface area contributed by atoms with E-state index in [1.54, 1.807) is 19.2 Å². The number of ketones is 1. The van der Waals surface area contributed by atoms with E-state index in [1.165, 1.54) is 25.4 Å². The minimum Gasteiger partial charge on any atom is -0.493 e. The number of Topliss-reactive ketones (excluding diaryl/α,β-unsaturated/α-hetero) is 1. The second kappa shape index (κ2) is 12.8. The van der Waals surface area contributed by atoms with Crippen molar-refractivity contribution in [1.29, 1.82) is 0 Å². The number of nitrogens with one attached hydrogen (secondary N) is 1. The molecular weight excluding hydrogens is 513 g/mol. The van der Waals surface area contributed by atoms with Gasteiger partial charge >= 0.3 is 0 Å². The number of piperazine rings is 1. The molecule has 0 atom stereocenters. The highest BCUT2D eigenvalue weighted by atomic mass is 35.5. The second-order valence-electron chi connectivity index (χ2n) is 9.12. The van der Waals surface area contributed by atoms with E-state index in [2.05, 4.69) is 20.2 Å². The Bertz CT molecular complexity index is 1300. The summed E-state index contributed by atoms with van der Waals surface area (Å²) in [6.45, 7) is 5.76. The van der Waals surface area contributed by atoms with E-state index in [1.807, 2.05) is 11.0 Å². The summed E-state index contributed by atoms with van der Waals surface area (Å²) in [6.07, 6.45) is 2.83. The summed E-state index contributed by atoms with van der Waals surface area (Å²) in [4.78, 5) is 36.2. The molecule has 0 saturated carbocycles. The number of carbonyl (C=O) groups excluding carboxylic acids is 2. The first kappa shape index (κ1) is 27.5. The fourth-order valence-corrected chi connectivity index (χ4v) is 4.46. The van der Waals surface area contributed by atoms with Crippen LogP contribution in [0.15, 0.2) is 36.7 Å². The summed E-state index contributed by atoms with van der Waals surface area (Å²) in [6, 6.07) is 7.98. The zero-order valence-corrected chi connectivity index (χ0v) is 22.3. The van der Waals surface area contributed by atoms with Crippen molar-refractivity contribution in [2.45, 2.75) is 26.2 Å². The number of hydrogen-bond donors (Lipinski definition) is 1. The van der Waals surface area contributed by atoms with Gasteiger partial charge in [-0.3, -0.25) is 9.69 Å². The number of anilines is 2. The summed E-state index contributed by atoms with van der Waals surface area (Å²) >= 11 is 5.92. The summed E-state index contributed by atoms with van der Waals surface area (Å²) in [7, 11) is 1.58. The van der Waals surface area contributed by atoms with Gasteiger partial charge in [0.15, 0.2) is 11.5 Å². The minimum absolute atomic E-state index is 0.0139. The van der Waals surface area contributed by atoms with Crippen molar-refractivity contribution in [3.8, 4) is 11.5 Å². The highest BCUT2D eigenvalue weighted by Gasteiger charge is 2.21. The molecule has 202 valence electrons. The molecule has 11 heteroatoms. The third kappa shape index (κ3) is 7.08. The molecule has 0 bridgehead atoms. The van der Waals surface area contributed by atoms with E-state index in [-0.39, 0.29) is 23.1 Å². The predicted molar refractivity (Wildman–Crippen MR) is 144 cm³/mol. The number of amides is 1. The molecule has 1 saturated heterocycles. The average Bonchev–Trinajstić information content (AvgIpc) is 2.92. The molecule has 4 rings (SSSR count). The van der Waals surface area contributed by atoms with Gasteiger partial charge in [-0.1, -0.05) is 11.6 Å². The van der Waals surface area contributed by atoms with Crippen LogP contribution in [0.4, 0.5) is 15.9 Å². The fourth-order valence-electron chi connectivity index (χ4n) is 4.28. The lowest BCUT2D eigenvalue weighted by Crippen LogP contribution is -2.49. The molecule has 0 spiro atoms. The van der Waals surface area contributed by atoms with Gasteiger partial charge in [-0.2, -0.15) is 0 Å². The highest BCUT2D eigenvalue weighted by molar-refractivity contribution is 6.31. The van der Waals surface area contributed by atoms with Crippen LogP contribution in [0.5, 0.6) is 11.5 Å². The third-order valence-electron chi connectivity index (χ3n) is 6.40. The van der Waals surface area contributed by atoms with Crippen molar-refractivity contribution < 1.29 is 23.5 Å². The quantitative estimate of drug-likeness (QED) is 0.354. The smallest absolute Gasteiger partial charge is 0.223 e. The van der Waals surface area contributed by atoms with Crippen molar-refractivity contribution in [2.75, 3.05) is 51.8 Å². The molecule has 1 amide bonds. The summed E-state index contributed by atoms with van der Waals surface area (Å²) < 4.78 is 25.2. The SMILES string of the molecule is COc1cc2ncnc(Nc3ccc(F)c(Cl)c3)c2cc1OCCCN1CCN(C(=O)CCC(C)=O)CC1. The number of nitrogens with zero attached hydrogens (tertiary/aromatic N) is 4. The van der Waals surface area contributed by atoms with Crippen LogP contribution in [0.25, 0.3) is 10.9 Å². The lowest BCUT2D eigenvalue weighted by atomic mass is 10.2. The molecule has 1 aliphatic rings. The van der Waals surface area contributed by atoms with Gasteiger partial charge in [0.05, 0.1) is 24.3 Å². The number of ether oxygens (including phenoxy) is 2. The third-order valence-corrected chi connectivity index (χ3v) is 6.68. The minimum atomic E-state index is -0.495. The van der Waals surface area contributed by atoms with Gasteiger partial charge in [-0.25, -0.2) is 14.4 Å². The average molecular weight is 544 g/mol. The molecule has 3 aromatic rings. The highest BCUT2D eigenvalue weighted by Crippen LogP contribution is 2.35. The van der Waals surface area contributed by atoms with Gasteiger partial charge in [0, 0.05) is 62.7 Å². The van der Waals surface area contributed by atoms with Gasteiger partial charge in [0.1, 0.15) is 23.7 Å². The Morgan fingerprint density at radius 3 is 2.58 bits per heavy atom. The molecule has 0 aliphatic carbocycles. The Labute approximate surface area is 225 Å². The van der Waals surface area contributed by atoms with Crippen LogP contribution in [-0.4, -0.2) is 77.9 Å². The normalized spacial score (nSPS) is 13.9. The van der Waals surface area contributed by atoms with E-state index < -0.39 is 5.82 Å². The Balaban J connectivity index is 1.34. The van der Waals surface area contributed by atoms with Crippen molar-refractivity contribution in [2.24, 2.45) is 0 Å². The summed E-state index contributed by atoms with van der Waals surface area (Å²) in [5.74, 6) is 1.25. The second-order valence-corrected chi connectivity index (χ2v) is 9.53. The number of hydrogen-bond acceptors (Lipinski definition) is 8. The maximum atomic E-state index is 13.6. The Hall–Kier alpha value is -3.50. The Kier molecular flexibility index (Phi) is 9.30. The number of halogens is 2. The molecule has 9 nitrogen and oxygen atoms in total. The number of methoxy groups -OCH3 is 1. The zero-order valence-electron chi connectivity index (χ0n) is 21.5. The van der Waals surface area contributed by atoms with Crippen molar-refractivity contribution in [1.82, 2.24) is 19.8 Å². The number of aromatic nitrogens is 2. The van der Waals surface area contributed by atoms with E-state index >= 15 is 0 Å². The van der Waals surface area contributed by atoms with Gasteiger partial charge in [-0.05, 0) is 37.6 Å². The van der Waals surface area contributed by atoms with Crippen LogP contribution in [0.1, 0.15) is 26.2 Å². The first-order valence-electron chi connectivity index (χ1n) is 12.5. The van der Waals surface area contributed by atoms with E-state index in [9.17, 15) is 14.0 Å². The van der Waals surface area contributed by atoms with Gasteiger partial charge in [-0.15, -0.1) is 0 Å². The molecule has 1 N–H and O–H groups in total. The summed E-state index contributed by atoms with van der Waals surface area (Å²) in [5.41, 5.74) is 1.26. The topological polar surface area (TPSA) is 96.9 Å². The Morgan fingerprint density at radius 1 is 1.08 bits per heavy atom. The maximum Gasteiger partial charge on any atom is 0.223 e. The van der Waals surface area contributed by atoms with Gasteiger partial charge < -0.3 is 24.5 Å². The fraction of sp³-hybridized carbons (Fsp3) is 0.407. The van der Waals surface area contributed by atoms with Crippen LogP contribution in [0.3, 0.4) is 0 Å². The predicted octanol–water partition coefficient (Wildman–Crippen LogP) is 4.46. The molecule has 0 radical (unpaired) electrons. The summed E-state index contributed by atoms with van der Waals surface area (Å²) in [5, 5.41) is 3.90. The maximum absolute atomic E-state index is 13.6. The largest absolute Gasteiger partial charge is 0.493 e. The van der Waals surface area contributed by atoms with E-state index in [0.29, 0.717) is 60.0 Å². The Morgan fingerprint density at radius 2 is 1.87 bits per heavy atom. The lowest BCUT2D eigenvalue weighted by Gasteiger charge is -2.34. The molecule has 1 aliphatic heterocycles. The molecule has 2 heterocycles. The van der Waals surface area contributed by atoms with Crippen LogP contribution in [-0.2, 0) is 9.59 Å². The van der Waals surface area contributed by atoms with Crippen LogP contribution in [0.2, 0.25) is 5.02 Å². The van der Waals surface area contributed by atoms with E-state index in [0.717, 1.165) is 26.1 Å². The first-order chi connectivity index (χ1) is 18.3. The lowest BCUT2D eigenvalue weighted by molar-refractivity contribution is -0.134. The number of fused-ring (bicyclic) bond motifs is 1. The number of rotatable bonds is 11. The molecule has 2 aromatic carbocycles. The molecule has 38 heavy (non-hydrogen) atoms. The van der Waals surface area contributed by atoms with Crippen molar-refractivity contribution >= 4 is 45.7 Å². The van der Waals surface area contributed by atoms with Crippen molar-refractivity contribution in [3.63, 3.8) is 0 Å². The zero-order chi connectivity index (χ0) is 27.1. The van der Waals surface area contributed by atoms with Gasteiger partial charge in [0.2, 0.25) is 5.91 Å². The molecular formula is C27H31ClFN5O4. The van der Waals surface area contributed by atoms with Crippen LogP contribution < -0.4 is 14.8 Å². The first-order valence-corrected chi connectivity index (χ1v) is 12.9.